The lowest BCUT2D eigenvalue weighted by Crippen LogP contribution is -2.53. The number of nitro benzene ring substituents is 1. The van der Waals surface area contributed by atoms with Crippen LogP contribution < -0.4 is 10.1 Å². The highest BCUT2D eigenvalue weighted by molar-refractivity contribution is 7.80. The van der Waals surface area contributed by atoms with Gasteiger partial charge in [0.15, 0.2) is 17.5 Å². The monoisotopic (exact) mass is 633 g/mol. The number of ether oxygens (including phenoxy) is 3. The molecule has 1 aliphatic rings. The smallest absolute Gasteiger partial charge is 0.335 e. The van der Waals surface area contributed by atoms with Crippen LogP contribution >= 0.6 is 12.2 Å². The summed E-state index contributed by atoms with van der Waals surface area (Å²) < 4.78 is 17.7. The minimum atomic E-state index is -1.76. The van der Waals surface area contributed by atoms with Crippen molar-refractivity contribution in [3.8, 4) is 5.75 Å². The zero-order valence-corrected chi connectivity index (χ0v) is 24.7. The number of nitro groups is 1. The number of carbonyl (C=O) groups excluding carboxylic acids is 1. The number of anilines is 1. The Morgan fingerprint density at radius 1 is 1.23 bits per heavy atom. The molecule has 1 saturated heterocycles. The van der Waals surface area contributed by atoms with Gasteiger partial charge in [-0.15, -0.1) is 0 Å². The van der Waals surface area contributed by atoms with Crippen molar-refractivity contribution in [2.45, 2.75) is 37.6 Å². The molecule has 1 fully saturated rings. The summed E-state index contributed by atoms with van der Waals surface area (Å²) in [6.45, 7) is 0.495. The largest absolute Gasteiger partial charge is 0.479 e. The lowest BCUT2D eigenvalue weighted by atomic mass is 10.0. The van der Waals surface area contributed by atoms with Crippen molar-refractivity contribution in [1.29, 1.82) is 0 Å². The number of fused-ring (bicyclic) bond motifs is 1. The summed E-state index contributed by atoms with van der Waals surface area (Å²) in [6, 6.07) is 5.43. The third-order valence-electron chi connectivity index (χ3n) is 6.85. The molecule has 1 aliphatic heterocycles. The van der Waals surface area contributed by atoms with Gasteiger partial charge in [0.25, 0.3) is 5.17 Å². The van der Waals surface area contributed by atoms with Crippen LogP contribution in [0.2, 0.25) is 0 Å². The topological polar surface area (TPSA) is 215 Å². The van der Waals surface area contributed by atoms with Gasteiger partial charge in [0.2, 0.25) is 6.29 Å². The quantitative estimate of drug-likeness (QED) is 0.139. The highest BCUT2D eigenvalue weighted by atomic mass is 32.1. The van der Waals surface area contributed by atoms with Crippen molar-refractivity contribution in [3.05, 3.63) is 52.5 Å². The molecule has 4 rings (SSSR count). The summed E-state index contributed by atoms with van der Waals surface area (Å²) in [5, 5.41) is 44.5. The number of carboxylic acids is 1. The van der Waals surface area contributed by atoms with Gasteiger partial charge in [0.1, 0.15) is 24.9 Å². The molecule has 1 aromatic carbocycles. The number of aliphatic hydroxyl groups excluding tert-OH is 2. The van der Waals surface area contributed by atoms with Gasteiger partial charge in [-0.05, 0) is 29.9 Å². The maximum atomic E-state index is 13.0. The molecule has 17 nitrogen and oxygen atoms in total. The van der Waals surface area contributed by atoms with E-state index < -0.39 is 41.2 Å². The van der Waals surface area contributed by atoms with E-state index in [-0.39, 0.29) is 36.5 Å². The van der Waals surface area contributed by atoms with E-state index in [1.807, 2.05) is 0 Å². The lowest BCUT2D eigenvalue weighted by Gasteiger charge is -2.34. The Bertz CT molecular complexity index is 1550. The number of aliphatic carboxylic acids is 1. The van der Waals surface area contributed by atoms with Gasteiger partial charge in [-0.1, -0.05) is 6.07 Å². The van der Waals surface area contributed by atoms with E-state index in [2.05, 4.69) is 15.3 Å². The molecule has 1 amide bonds. The Labute approximate surface area is 255 Å². The van der Waals surface area contributed by atoms with Crippen LogP contribution in [0.25, 0.3) is 11.0 Å². The first kappa shape index (κ1) is 32.3. The maximum absolute atomic E-state index is 13.0. The number of aromatic nitrogens is 3. The minimum absolute atomic E-state index is 0.0921. The summed E-state index contributed by atoms with van der Waals surface area (Å²) in [5.74, 6) is -1.14. The van der Waals surface area contributed by atoms with Gasteiger partial charge in [0, 0.05) is 52.9 Å². The molecule has 3 aromatic rings. The van der Waals surface area contributed by atoms with Crippen molar-refractivity contribution < 1.29 is 44.0 Å². The normalized spacial score (nSPS) is 19.7. The standard InChI is InChI=1S/C26H31N7O10S/c1-27-22-15-6-7-32(23(15)29-13-28-22)25(38)30(2)8-9-31(3)26(44)41-12-14-4-5-18(16(10-14)33(39)40)42-19-11-17(34)20(35)21(43-19)24(36)37/h4-7,10,13,17,19-21,34-35H,8-9,11-12H2,1-3H3,(H,36,37)(H,27,28,29)/t17-,19-,20+,21+/m1/s1. The van der Waals surface area contributed by atoms with Gasteiger partial charge >= 0.3 is 17.7 Å². The summed E-state index contributed by atoms with van der Waals surface area (Å²) in [7, 11) is 5.04. The average Bonchev–Trinajstić information content (AvgIpc) is 3.44. The van der Waals surface area contributed by atoms with E-state index in [1.54, 1.807) is 38.3 Å². The second-order valence-corrected chi connectivity index (χ2v) is 10.2. The van der Waals surface area contributed by atoms with Gasteiger partial charge in [-0.3, -0.25) is 14.7 Å². The zero-order valence-electron chi connectivity index (χ0n) is 23.9. The minimum Gasteiger partial charge on any atom is -0.479 e. The number of rotatable bonds is 10. The Hall–Kier alpha value is -4.65. The van der Waals surface area contributed by atoms with Crippen LogP contribution in [0.3, 0.4) is 0 Å². The van der Waals surface area contributed by atoms with Crippen molar-refractivity contribution in [1.82, 2.24) is 24.3 Å². The summed E-state index contributed by atoms with van der Waals surface area (Å²) in [6.07, 6.45) is -3.57. The molecular formula is C26H31N7O10S. The number of hydrogen-bond acceptors (Lipinski definition) is 13. The number of nitrogens with one attached hydrogen (secondary N) is 1. The second-order valence-electron chi connectivity index (χ2n) is 9.87. The predicted octanol–water partition coefficient (Wildman–Crippen LogP) is 1.01. The lowest BCUT2D eigenvalue weighted by molar-refractivity contribution is -0.386. The Morgan fingerprint density at radius 3 is 2.64 bits per heavy atom. The van der Waals surface area contributed by atoms with E-state index in [9.17, 15) is 35.0 Å². The zero-order chi connectivity index (χ0) is 32.1. The molecule has 4 atom stereocenters. The third-order valence-corrected chi connectivity index (χ3v) is 7.28. The second kappa shape index (κ2) is 13.8. The number of carbonyl (C=O) groups is 2. The van der Waals surface area contributed by atoms with Gasteiger partial charge in [0.05, 0.1) is 16.4 Å². The first-order chi connectivity index (χ1) is 20.9. The first-order valence-corrected chi connectivity index (χ1v) is 13.6. The van der Waals surface area contributed by atoms with Crippen molar-refractivity contribution in [3.63, 3.8) is 0 Å². The van der Waals surface area contributed by atoms with Crippen LogP contribution in [0, 0.1) is 10.1 Å². The first-order valence-electron chi connectivity index (χ1n) is 13.2. The molecule has 3 heterocycles. The van der Waals surface area contributed by atoms with Crippen LogP contribution in [0.15, 0.2) is 36.8 Å². The summed E-state index contributed by atoms with van der Waals surface area (Å²) in [5.41, 5.74) is 0.398. The van der Waals surface area contributed by atoms with E-state index in [1.165, 1.54) is 34.0 Å². The molecule has 2 aromatic heterocycles. The molecular weight excluding hydrogens is 602 g/mol. The predicted molar refractivity (Wildman–Crippen MR) is 157 cm³/mol. The fraction of sp³-hybridized carbons (Fsp3) is 0.423. The van der Waals surface area contributed by atoms with E-state index in [0.717, 1.165) is 0 Å². The van der Waals surface area contributed by atoms with E-state index in [0.29, 0.717) is 29.0 Å². The SMILES string of the molecule is CNc1ncnc2c1ccn2C(=O)N(C)CCN(C)C(=S)OCc1ccc(O[C@H]2C[C@@H](O)[C@H](O)[C@@H](C(=O)O)O2)c([N+](=O)[O-])c1. The summed E-state index contributed by atoms with van der Waals surface area (Å²) >= 11 is 5.34. The fourth-order valence-corrected chi connectivity index (χ4v) is 4.54. The highest BCUT2D eigenvalue weighted by Gasteiger charge is 2.42. The molecule has 0 spiro atoms. The fourth-order valence-electron chi connectivity index (χ4n) is 4.39. The molecule has 4 N–H and O–H groups in total. The number of amides is 1. The maximum Gasteiger partial charge on any atom is 0.335 e. The number of benzene rings is 1. The van der Waals surface area contributed by atoms with Crippen LogP contribution in [-0.4, -0.2) is 121 Å². The molecule has 0 aliphatic carbocycles. The van der Waals surface area contributed by atoms with Crippen molar-refractivity contribution in [2.75, 3.05) is 39.5 Å². The molecule has 0 unspecified atom stereocenters. The molecule has 18 heteroatoms. The van der Waals surface area contributed by atoms with Crippen LogP contribution in [0.5, 0.6) is 5.75 Å². The number of nitrogens with zero attached hydrogens (tertiary/aromatic N) is 6. The van der Waals surface area contributed by atoms with Crippen LogP contribution in [0.4, 0.5) is 16.3 Å². The van der Waals surface area contributed by atoms with Gasteiger partial charge in [-0.2, -0.15) is 0 Å². The number of likely N-dealkylation sites (N-methyl/N-ethyl adjacent to an activating group) is 2. The molecule has 0 bridgehead atoms. The van der Waals surface area contributed by atoms with Crippen molar-refractivity contribution in [2.24, 2.45) is 0 Å². The summed E-state index contributed by atoms with van der Waals surface area (Å²) in [4.78, 5) is 46.8. The van der Waals surface area contributed by atoms with E-state index in [4.69, 9.17) is 26.4 Å². The average molecular weight is 634 g/mol. The van der Waals surface area contributed by atoms with Gasteiger partial charge in [-0.25, -0.2) is 19.6 Å². The molecule has 236 valence electrons. The number of carboxylic acid groups (broad SMARTS) is 1. The molecule has 44 heavy (non-hydrogen) atoms. The van der Waals surface area contributed by atoms with Crippen LogP contribution in [0.1, 0.15) is 12.0 Å². The Morgan fingerprint density at radius 2 is 1.95 bits per heavy atom. The molecule has 0 saturated carbocycles. The Balaban J connectivity index is 1.32. The number of aliphatic hydroxyl groups is 2. The van der Waals surface area contributed by atoms with E-state index >= 15 is 0 Å². The van der Waals surface area contributed by atoms with Crippen molar-refractivity contribution >= 4 is 51.9 Å². The molecule has 0 radical (unpaired) electrons. The van der Waals surface area contributed by atoms with Crippen LogP contribution in [-0.2, 0) is 20.9 Å². The number of hydrogen-bond donors (Lipinski definition) is 4. The number of thiocarbonyl (C=S) groups is 1. The third kappa shape index (κ3) is 7.10. The Kier molecular flexibility index (Phi) is 10.1. The van der Waals surface area contributed by atoms with Gasteiger partial charge < -0.3 is 44.6 Å². The highest BCUT2D eigenvalue weighted by Crippen LogP contribution is 2.32.